The lowest BCUT2D eigenvalue weighted by Crippen LogP contribution is -2.33. The fourth-order valence-corrected chi connectivity index (χ4v) is 1.72. The molecule has 4 heteroatoms. The van der Waals surface area contributed by atoms with Crippen LogP contribution in [0, 0.1) is 5.92 Å². The van der Waals surface area contributed by atoms with Crippen molar-refractivity contribution in [2.24, 2.45) is 5.92 Å². The Labute approximate surface area is 77.1 Å². The largest absolute Gasteiger partial charge is 0.396 e. The average molecular weight is 192 g/mol. The summed E-state index contributed by atoms with van der Waals surface area (Å²) in [5.74, 6) is 0.284. The molecule has 0 aromatic carbocycles. The van der Waals surface area contributed by atoms with Crippen LogP contribution in [0.25, 0.3) is 0 Å². The summed E-state index contributed by atoms with van der Waals surface area (Å²) in [7, 11) is 0. The molecule has 0 aliphatic heterocycles. The zero-order valence-corrected chi connectivity index (χ0v) is 7.68. The molecule has 0 radical (unpaired) electrons. The highest BCUT2D eigenvalue weighted by Crippen LogP contribution is 2.24. The first-order valence-electron chi connectivity index (χ1n) is 4.22. The van der Waals surface area contributed by atoms with Crippen molar-refractivity contribution < 1.29 is 9.90 Å². The van der Waals surface area contributed by atoms with Crippen LogP contribution in [0.3, 0.4) is 0 Å². The van der Waals surface area contributed by atoms with Crippen LogP contribution in [0.15, 0.2) is 0 Å². The van der Waals surface area contributed by atoms with E-state index >= 15 is 0 Å². The SMILES string of the molecule is O=C(CCl)N[C@H]1CC[C@@H](CO)C1. The number of aliphatic hydroxyl groups is 1. The van der Waals surface area contributed by atoms with Gasteiger partial charge < -0.3 is 10.4 Å². The van der Waals surface area contributed by atoms with E-state index in [1.165, 1.54) is 0 Å². The summed E-state index contributed by atoms with van der Waals surface area (Å²) in [5, 5.41) is 11.6. The molecule has 1 saturated carbocycles. The van der Waals surface area contributed by atoms with E-state index in [4.69, 9.17) is 16.7 Å². The molecule has 0 heterocycles. The number of aliphatic hydroxyl groups excluding tert-OH is 1. The van der Waals surface area contributed by atoms with Crippen LogP contribution in [0.4, 0.5) is 0 Å². The van der Waals surface area contributed by atoms with Crippen molar-refractivity contribution in [3.8, 4) is 0 Å². The van der Waals surface area contributed by atoms with Crippen molar-refractivity contribution in [3.05, 3.63) is 0 Å². The molecule has 3 nitrogen and oxygen atoms in total. The van der Waals surface area contributed by atoms with Gasteiger partial charge in [0.25, 0.3) is 0 Å². The van der Waals surface area contributed by atoms with E-state index in [1.54, 1.807) is 0 Å². The third-order valence-electron chi connectivity index (χ3n) is 2.29. The van der Waals surface area contributed by atoms with E-state index in [1.807, 2.05) is 0 Å². The number of amides is 1. The Morgan fingerprint density at radius 3 is 2.83 bits per heavy atom. The Morgan fingerprint density at radius 2 is 2.33 bits per heavy atom. The smallest absolute Gasteiger partial charge is 0.235 e. The molecule has 1 aliphatic carbocycles. The van der Waals surface area contributed by atoms with Crippen molar-refractivity contribution in [2.75, 3.05) is 12.5 Å². The number of alkyl halides is 1. The van der Waals surface area contributed by atoms with Crippen LogP contribution >= 0.6 is 11.6 Å². The third-order valence-corrected chi connectivity index (χ3v) is 2.53. The summed E-state index contributed by atoms with van der Waals surface area (Å²) in [6, 6.07) is 0.230. The number of hydrogen-bond acceptors (Lipinski definition) is 2. The molecule has 1 aliphatic rings. The number of halogens is 1. The van der Waals surface area contributed by atoms with Crippen molar-refractivity contribution in [3.63, 3.8) is 0 Å². The Bertz CT molecular complexity index is 163. The zero-order chi connectivity index (χ0) is 8.97. The molecule has 0 aromatic rings. The topological polar surface area (TPSA) is 49.3 Å². The summed E-state index contributed by atoms with van der Waals surface area (Å²) in [5.41, 5.74) is 0. The van der Waals surface area contributed by atoms with Gasteiger partial charge in [0.2, 0.25) is 5.91 Å². The monoisotopic (exact) mass is 191 g/mol. The van der Waals surface area contributed by atoms with Gasteiger partial charge in [-0.2, -0.15) is 0 Å². The quantitative estimate of drug-likeness (QED) is 0.639. The Morgan fingerprint density at radius 1 is 1.58 bits per heavy atom. The molecule has 2 atom stereocenters. The van der Waals surface area contributed by atoms with E-state index < -0.39 is 0 Å². The lowest BCUT2D eigenvalue weighted by Gasteiger charge is -2.10. The molecule has 1 rings (SSSR count). The van der Waals surface area contributed by atoms with Crippen LogP contribution in [-0.2, 0) is 4.79 Å². The van der Waals surface area contributed by atoms with Gasteiger partial charge in [-0.25, -0.2) is 0 Å². The van der Waals surface area contributed by atoms with Gasteiger partial charge in [-0.3, -0.25) is 4.79 Å². The number of carbonyl (C=O) groups is 1. The fourth-order valence-electron chi connectivity index (χ4n) is 1.64. The highest BCUT2D eigenvalue weighted by atomic mass is 35.5. The first kappa shape index (κ1) is 9.81. The fraction of sp³-hybridized carbons (Fsp3) is 0.875. The summed E-state index contributed by atoms with van der Waals surface area (Å²) < 4.78 is 0. The Kier molecular flexibility index (Phi) is 3.82. The number of rotatable bonds is 3. The van der Waals surface area contributed by atoms with Crippen LogP contribution < -0.4 is 5.32 Å². The van der Waals surface area contributed by atoms with Crippen molar-refractivity contribution >= 4 is 17.5 Å². The van der Waals surface area contributed by atoms with E-state index in [0.29, 0.717) is 5.92 Å². The van der Waals surface area contributed by atoms with Gasteiger partial charge in [-0.15, -0.1) is 11.6 Å². The van der Waals surface area contributed by atoms with Crippen LogP contribution in [0.2, 0.25) is 0 Å². The van der Waals surface area contributed by atoms with E-state index in [-0.39, 0.29) is 24.4 Å². The normalized spacial score (nSPS) is 28.8. The third kappa shape index (κ3) is 2.64. The molecule has 0 aromatic heterocycles. The summed E-state index contributed by atoms with van der Waals surface area (Å²) in [4.78, 5) is 10.9. The standard InChI is InChI=1S/C8H14ClNO2/c9-4-8(12)10-7-2-1-6(3-7)5-11/h6-7,11H,1-5H2,(H,10,12)/t6-,7+/m1/s1. The van der Waals surface area contributed by atoms with Crippen LogP contribution in [0.5, 0.6) is 0 Å². The number of hydrogen-bond donors (Lipinski definition) is 2. The lowest BCUT2D eigenvalue weighted by molar-refractivity contribution is -0.119. The second kappa shape index (κ2) is 4.67. The van der Waals surface area contributed by atoms with Crippen LogP contribution in [0.1, 0.15) is 19.3 Å². The van der Waals surface area contributed by atoms with E-state index in [2.05, 4.69) is 5.32 Å². The molecule has 12 heavy (non-hydrogen) atoms. The summed E-state index contributed by atoms with van der Waals surface area (Å²) >= 11 is 5.34. The summed E-state index contributed by atoms with van der Waals surface area (Å²) in [6.45, 7) is 0.229. The average Bonchev–Trinajstić information content (AvgIpc) is 2.52. The molecule has 0 saturated heterocycles. The van der Waals surface area contributed by atoms with Crippen molar-refractivity contribution in [1.82, 2.24) is 5.32 Å². The van der Waals surface area contributed by atoms with Gasteiger partial charge in [0.15, 0.2) is 0 Å². The van der Waals surface area contributed by atoms with Crippen LogP contribution in [-0.4, -0.2) is 29.5 Å². The number of nitrogens with one attached hydrogen (secondary N) is 1. The zero-order valence-electron chi connectivity index (χ0n) is 6.92. The first-order chi connectivity index (χ1) is 5.76. The predicted molar refractivity (Wildman–Crippen MR) is 47.1 cm³/mol. The van der Waals surface area contributed by atoms with Gasteiger partial charge in [0, 0.05) is 12.6 Å². The minimum Gasteiger partial charge on any atom is -0.396 e. The molecule has 0 spiro atoms. The molecule has 0 unspecified atom stereocenters. The molecular weight excluding hydrogens is 178 g/mol. The summed E-state index contributed by atoms with van der Waals surface area (Å²) in [6.07, 6.45) is 2.86. The Balaban J connectivity index is 2.23. The first-order valence-corrected chi connectivity index (χ1v) is 4.76. The minimum absolute atomic E-state index is 0.0281. The number of carbonyl (C=O) groups excluding carboxylic acids is 1. The van der Waals surface area contributed by atoms with E-state index in [0.717, 1.165) is 19.3 Å². The lowest BCUT2D eigenvalue weighted by atomic mass is 10.1. The highest BCUT2D eigenvalue weighted by molar-refractivity contribution is 6.27. The van der Waals surface area contributed by atoms with Gasteiger partial charge >= 0.3 is 0 Å². The van der Waals surface area contributed by atoms with Gasteiger partial charge in [-0.1, -0.05) is 0 Å². The van der Waals surface area contributed by atoms with Gasteiger partial charge in [-0.05, 0) is 25.2 Å². The van der Waals surface area contributed by atoms with E-state index in [9.17, 15) is 4.79 Å². The predicted octanol–water partition coefficient (Wildman–Crippen LogP) is 0.502. The molecule has 1 fully saturated rings. The maximum Gasteiger partial charge on any atom is 0.235 e. The molecule has 0 bridgehead atoms. The molecule has 70 valence electrons. The maximum absolute atomic E-state index is 10.9. The maximum atomic E-state index is 10.9. The highest BCUT2D eigenvalue weighted by Gasteiger charge is 2.24. The van der Waals surface area contributed by atoms with Gasteiger partial charge in [0.05, 0.1) is 0 Å². The molecular formula is C8H14ClNO2. The van der Waals surface area contributed by atoms with Gasteiger partial charge in [0.1, 0.15) is 5.88 Å². The van der Waals surface area contributed by atoms with Crippen molar-refractivity contribution in [1.29, 1.82) is 0 Å². The second-order valence-electron chi connectivity index (χ2n) is 3.26. The Hall–Kier alpha value is -0.280. The minimum atomic E-state index is -0.111. The van der Waals surface area contributed by atoms with Crippen molar-refractivity contribution in [2.45, 2.75) is 25.3 Å². The molecule has 1 amide bonds. The second-order valence-corrected chi connectivity index (χ2v) is 3.53. The molecule has 2 N–H and O–H groups in total.